The van der Waals surface area contributed by atoms with Crippen molar-refractivity contribution in [1.29, 1.82) is 0 Å². The van der Waals surface area contributed by atoms with E-state index in [1.165, 1.54) is 6.33 Å². The molecule has 0 spiro atoms. The van der Waals surface area contributed by atoms with Gasteiger partial charge in [0.1, 0.15) is 12.2 Å². The molecule has 84 valence electrons. The second-order valence-electron chi connectivity index (χ2n) is 3.51. The minimum atomic E-state index is -0.196. The summed E-state index contributed by atoms with van der Waals surface area (Å²) in [5, 5.41) is 4.57. The maximum Gasteiger partial charge on any atom is 0.138 e. The predicted octanol–water partition coefficient (Wildman–Crippen LogP) is 1.11. The van der Waals surface area contributed by atoms with Crippen LogP contribution in [0.15, 0.2) is 24.8 Å². The van der Waals surface area contributed by atoms with Crippen molar-refractivity contribution in [2.75, 3.05) is 0 Å². The molecule has 0 radical (unpaired) electrons. The van der Waals surface area contributed by atoms with E-state index in [2.05, 4.69) is 15.1 Å². The van der Waals surface area contributed by atoms with E-state index in [-0.39, 0.29) is 6.04 Å². The first-order valence-corrected chi connectivity index (χ1v) is 5.24. The van der Waals surface area contributed by atoms with Crippen LogP contribution in [0.5, 0.6) is 0 Å². The van der Waals surface area contributed by atoms with Gasteiger partial charge in [-0.25, -0.2) is 4.98 Å². The van der Waals surface area contributed by atoms with Crippen LogP contribution in [0, 0.1) is 0 Å². The summed E-state index contributed by atoms with van der Waals surface area (Å²) in [4.78, 5) is 8.05. The summed E-state index contributed by atoms with van der Waals surface area (Å²) in [6.07, 6.45) is 5.38. The molecular weight excluding hydrogens is 226 g/mol. The molecule has 2 aromatic heterocycles. The standard InChI is InChI=1S/C10H12ClN5/c1-16-10(14-6-15-16)4-9(12)7-2-3-13-5-8(7)11/h2-3,5-6,9H,4,12H2,1H3. The summed E-state index contributed by atoms with van der Waals surface area (Å²) in [6.45, 7) is 0. The fraction of sp³-hybridized carbons (Fsp3) is 0.300. The lowest BCUT2D eigenvalue weighted by atomic mass is 10.1. The Bertz CT molecular complexity index is 482. The Hall–Kier alpha value is -1.46. The molecule has 6 heteroatoms. The molecule has 2 N–H and O–H groups in total. The maximum atomic E-state index is 6.06. The van der Waals surface area contributed by atoms with E-state index >= 15 is 0 Å². The lowest BCUT2D eigenvalue weighted by Gasteiger charge is -2.12. The van der Waals surface area contributed by atoms with Gasteiger partial charge in [-0.1, -0.05) is 11.6 Å². The van der Waals surface area contributed by atoms with Gasteiger partial charge < -0.3 is 5.73 Å². The van der Waals surface area contributed by atoms with Gasteiger partial charge in [-0.2, -0.15) is 5.10 Å². The molecule has 0 bridgehead atoms. The highest BCUT2D eigenvalue weighted by Crippen LogP contribution is 2.21. The maximum absolute atomic E-state index is 6.06. The zero-order valence-corrected chi connectivity index (χ0v) is 9.59. The smallest absolute Gasteiger partial charge is 0.138 e. The SMILES string of the molecule is Cn1ncnc1CC(N)c1ccncc1Cl. The zero-order valence-electron chi connectivity index (χ0n) is 8.84. The first-order chi connectivity index (χ1) is 7.68. The lowest BCUT2D eigenvalue weighted by molar-refractivity contribution is 0.629. The van der Waals surface area contributed by atoms with E-state index in [9.17, 15) is 0 Å². The predicted molar refractivity (Wildman–Crippen MR) is 60.9 cm³/mol. The number of hydrogen-bond acceptors (Lipinski definition) is 4. The van der Waals surface area contributed by atoms with Crippen LogP contribution in [-0.4, -0.2) is 19.7 Å². The number of nitrogens with two attached hydrogens (primary N) is 1. The highest BCUT2D eigenvalue weighted by atomic mass is 35.5. The average Bonchev–Trinajstić information content (AvgIpc) is 2.65. The van der Waals surface area contributed by atoms with Crippen LogP contribution in [0.4, 0.5) is 0 Å². The van der Waals surface area contributed by atoms with Crippen molar-refractivity contribution in [2.45, 2.75) is 12.5 Å². The monoisotopic (exact) mass is 237 g/mol. The summed E-state index contributed by atoms with van der Waals surface area (Å²) in [5.74, 6) is 0.834. The molecule has 5 nitrogen and oxygen atoms in total. The Labute approximate surface area is 98.3 Å². The summed E-state index contributed by atoms with van der Waals surface area (Å²) < 4.78 is 1.70. The van der Waals surface area contributed by atoms with E-state index in [1.807, 2.05) is 13.1 Å². The molecule has 1 atom stereocenters. The Morgan fingerprint density at radius 2 is 2.38 bits per heavy atom. The molecule has 2 rings (SSSR count). The van der Waals surface area contributed by atoms with Crippen LogP contribution in [-0.2, 0) is 13.5 Å². The van der Waals surface area contributed by atoms with Gasteiger partial charge in [0, 0.05) is 31.9 Å². The van der Waals surface area contributed by atoms with Crippen molar-refractivity contribution in [3.63, 3.8) is 0 Å². The van der Waals surface area contributed by atoms with E-state index in [0.29, 0.717) is 11.4 Å². The molecule has 0 saturated heterocycles. The van der Waals surface area contributed by atoms with Gasteiger partial charge >= 0.3 is 0 Å². The fourth-order valence-electron chi connectivity index (χ4n) is 1.50. The summed E-state index contributed by atoms with van der Waals surface area (Å²) in [6, 6.07) is 1.63. The fourth-order valence-corrected chi connectivity index (χ4v) is 1.76. The van der Waals surface area contributed by atoms with Gasteiger partial charge in [0.2, 0.25) is 0 Å². The highest BCUT2D eigenvalue weighted by molar-refractivity contribution is 6.31. The van der Waals surface area contributed by atoms with Crippen LogP contribution in [0.3, 0.4) is 0 Å². The number of aryl methyl sites for hydroxylation is 1. The van der Waals surface area contributed by atoms with E-state index in [4.69, 9.17) is 17.3 Å². The van der Waals surface area contributed by atoms with Gasteiger partial charge in [0.25, 0.3) is 0 Å². The van der Waals surface area contributed by atoms with Crippen molar-refractivity contribution in [3.8, 4) is 0 Å². The highest BCUT2D eigenvalue weighted by Gasteiger charge is 2.13. The number of hydrogen-bond donors (Lipinski definition) is 1. The van der Waals surface area contributed by atoms with Crippen LogP contribution in [0.25, 0.3) is 0 Å². The third-order valence-corrected chi connectivity index (χ3v) is 2.73. The third-order valence-electron chi connectivity index (χ3n) is 2.41. The number of halogens is 1. The van der Waals surface area contributed by atoms with Crippen molar-refractivity contribution in [2.24, 2.45) is 12.8 Å². The average molecular weight is 238 g/mol. The summed E-state index contributed by atoms with van der Waals surface area (Å²) in [5.41, 5.74) is 6.94. The Kier molecular flexibility index (Phi) is 3.17. The quantitative estimate of drug-likeness (QED) is 0.868. The van der Waals surface area contributed by atoms with Gasteiger partial charge in [-0.05, 0) is 11.6 Å². The lowest BCUT2D eigenvalue weighted by Crippen LogP contribution is -2.16. The third kappa shape index (κ3) is 2.20. The summed E-state index contributed by atoms with van der Waals surface area (Å²) in [7, 11) is 1.84. The number of aromatic nitrogens is 4. The van der Waals surface area contributed by atoms with Crippen LogP contribution >= 0.6 is 11.6 Å². The number of rotatable bonds is 3. The van der Waals surface area contributed by atoms with Crippen LogP contribution in [0.1, 0.15) is 17.4 Å². The van der Waals surface area contributed by atoms with E-state index in [0.717, 1.165) is 11.4 Å². The van der Waals surface area contributed by atoms with E-state index in [1.54, 1.807) is 17.1 Å². The first-order valence-electron chi connectivity index (χ1n) is 4.86. The molecule has 1 unspecified atom stereocenters. The second-order valence-corrected chi connectivity index (χ2v) is 3.91. The topological polar surface area (TPSA) is 69.6 Å². The van der Waals surface area contributed by atoms with Crippen LogP contribution in [0.2, 0.25) is 5.02 Å². The Balaban J connectivity index is 2.18. The van der Waals surface area contributed by atoms with Gasteiger partial charge in [-0.3, -0.25) is 9.67 Å². The molecule has 0 aliphatic heterocycles. The molecule has 0 amide bonds. The van der Waals surface area contributed by atoms with Crippen molar-refractivity contribution < 1.29 is 0 Å². The molecule has 16 heavy (non-hydrogen) atoms. The Morgan fingerprint density at radius 3 is 3.00 bits per heavy atom. The molecule has 0 aliphatic rings. The first kappa shape index (κ1) is 11.0. The number of nitrogens with zero attached hydrogens (tertiary/aromatic N) is 4. The molecule has 0 aliphatic carbocycles. The van der Waals surface area contributed by atoms with Crippen molar-refractivity contribution in [3.05, 3.63) is 41.2 Å². The molecule has 0 fully saturated rings. The zero-order chi connectivity index (χ0) is 11.5. The molecule has 2 heterocycles. The molecular formula is C10H12ClN5. The number of pyridine rings is 1. The minimum Gasteiger partial charge on any atom is -0.324 e. The van der Waals surface area contributed by atoms with Gasteiger partial charge in [0.15, 0.2) is 0 Å². The van der Waals surface area contributed by atoms with Gasteiger partial charge in [-0.15, -0.1) is 0 Å². The summed E-state index contributed by atoms with van der Waals surface area (Å²) >= 11 is 6.01. The second kappa shape index (κ2) is 4.59. The normalized spacial score (nSPS) is 12.7. The molecule has 0 aromatic carbocycles. The van der Waals surface area contributed by atoms with Crippen molar-refractivity contribution in [1.82, 2.24) is 19.7 Å². The Morgan fingerprint density at radius 1 is 1.56 bits per heavy atom. The van der Waals surface area contributed by atoms with E-state index < -0.39 is 0 Å². The largest absolute Gasteiger partial charge is 0.324 e. The van der Waals surface area contributed by atoms with Crippen LogP contribution < -0.4 is 5.73 Å². The molecule has 0 saturated carbocycles. The molecule has 2 aromatic rings. The minimum absolute atomic E-state index is 0.196. The van der Waals surface area contributed by atoms with Crippen molar-refractivity contribution >= 4 is 11.6 Å². The van der Waals surface area contributed by atoms with Gasteiger partial charge in [0.05, 0.1) is 5.02 Å².